The highest BCUT2D eigenvalue weighted by Gasteiger charge is 2.25. The van der Waals surface area contributed by atoms with Gasteiger partial charge >= 0.3 is 0 Å². The van der Waals surface area contributed by atoms with Crippen LogP contribution in [0.1, 0.15) is 33.3 Å². The first kappa shape index (κ1) is 12.1. The van der Waals surface area contributed by atoms with Crippen molar-refractivity contribution in [2.45, 2.75) is 38.8 Å². The van der Waals surface area contributed by atoms with Crippen LogP contribution in [0.25, 0.3) is 0 Å². The molecule has 15 heavy (non-hydrogen) atoms. The molecule has 0 saturated carbocycles. The molecule has 0 aromatic carbocycles. The quantitative estimate of drug-likeness (QED) is 0.782. The summed E-state index contributed by atoms with van der Waals surface area (Å²) in [6.45, 7) is 8.41. The molecule has 84 valence electrons. The van der Waals surface area contributed by atoms with E-state index in [1.807, 2.05) is 0 Å². The molecule has 0 aliphatic carbocycles. The zero-order valence-corrected chi connectivity index (χ0v) is 9.78. The summed E-state index contributed by atoms with van der Waals surface area (Å²) >= 11 is 0. The van der Waals surface area contributed by atoms with Crippen LogP contribution < -0.4 is 5.32 Å². The summed E-state index contributed by atoms with van der Waals surface area (Å²) in [5.74, 6) is 0. The van der Waals surface area contributed by atoms with Crippen LogP contribution in [0.3, 0.4) is 0 Å². The molecule has 0 amide bonds. The van der Waals surface area contributed by atoms with Gasteiger partial charge in [-0.1, -0.05) is 0 Å². The fraction of sp³-hybridized carbons (Fsp3) is 0.636. The lowest BCUT2D eigenvalue weighted by molar-refractivity contribution is 0.0495. The molecule has 2 N–H and O–H groups in total. The van der Waals surface area contributed by atoms with Gasteiger partial charge in [0.2, 0.25) is 0 Å². The summed E-state index contributed by atoms with van der Waals surface area (Å²) in [6.07, 6.45) is 4.73. The van der Waals surface area contributed by atoms with E-state index >= 15 is 0 Å². The summed E-state index contributed by atoms with van der Waals surface area (Å²) in [5.41, 5.74) is -0.226. The van der Waals surface area contributed by atoms with E-state index in [1.165, 1.54) is 6.33 Å². The van der Waals surface area contributed by atoms with Gasteiger partial charge in [0.1, 0.15) is 11.9 Å². The van der Waals surface area contributed by atoms with Crippen molar-refractivity contribution in [2.75, 3.05) is 6.54 Å². The lowest BCUT2D eigenvalue weighted by Gasteiger charge is -2.29. The molecule has 1 unspecified atom stereocenters. The first-order valence-electron chi connectivity index (χ1n) is 5.04. The summed E-state index contributed by atoms with van der Waals surface area (Å²) in [7, 11) is 0. The van der Waals surface area contributed by atoms with Crippen molar-refractivity contribution in [1.29, 1.82) is 0 Å². The predicted molar refractivity (Wildman–Crippen MR) is 59.4 cm³/mol. The maximum absolute atomic E-state index is 10.2. The fourth-order valence-electron chi connectivity index (χ4n) is 1.12. The molecule has 0 spiro atoms. The SMILES string of the molecule is CC(C)(C)NCC(C)(O)c1cncnc1. The van der Waals surface area contributed by atoms with Crippen molar-refractivity contribution in [3.05, 3.63) is 24.3 Å². The van der Waals surface area contributed by atoms with E-state index in [9.17, 15) is 5.11 Å². The van der Waals surface area contributed by atoms with Gasteiger partial charge in [-0.15, -0.1) is 0 Å². The van der Waals surface area contributed by atoms with Gasteiger partial charge in [0.15, 0.2) is 0 Å². The van der Waals surface area contributed by atoms with Crippen LogP contribution in [0.5, 0.6) is 0 Å². The van der Waals surface area contributed by atoms with Crippen LogP contribution in [-0.2, 0) is 5.60 Å². The zero-order valence-electron chi connectivity index (χ0n) is 9.78. The van der Waals surface area contributed by atoms with E-state index in [0.717, 1.165) is 5.56 Å². The Hall–Kier alpha value is -1.00. The second-order valence-electron chi connectivity index (χ2n) is 5.00. The predicted octanol–water partition coefficient (Wildman–Crippen LogP) is 1.07. The van der Waals surface area contributed by atoms with Gasteiger partial charge in [0.05, 0.1) is 0 Å². The average Bonchev–Trinajstić information content (AvgIpc) is 2.16. The molecule has 1 rings (SSSR count). The minimum absolute atomic E-state index is 0.0143. The highest BCUT2D eigenvalue weighted by atomic mass is 16.3. The topological polar surface area (TPSA) is 58.0 Å². The van der Waals surface area contributed by atoms with Crippen LogP contribution in [0.2, 0.25) is 0 Å². The number of hydrogen-bond acceptors (Lipinski definition) is 4. The van der Waals surface area contributed by atoms with Crippen molar-refractivity contribution in [2.24, 2.45) is 0 Å². The van der Waals surface area contributed by atoms with E-state index in [4.69, 9.17) is 0 Å². The van der Waals surface area contributed by atoms with Crippen molar-refractivity contribution in [3.8, 4) is 0 Å². The Morgan fingerprint density at radius 1 is 1.20 bits per heavy atom. The van der Waals surface area contributed by atoms with E-state index in [1.54, 1.807) is 19.3 Å². The molecule has 1 atom stereocenters. The maximum Gasteiger partial charge on any atom is 0.115 e. The molecule has 0 bridgehead atoms. The van der Waals surface area contributed by atoms with E-state index in [0.29, 0.717) is 6.54 Å². The summed E-state index contributed by atoms with van der Waals surface area (Å²) < 4.78 is 0. The standard InChI is InChI=1S/C11H19N3O/c1-10(2,3)14-7-11(4,15)9-5-12-8-13-6-9/h5-6,8,14-15H,7H2,1-4H3. The first-order chi connectivity index (χ1) is 6.81. The monoisotopic (exact) mass is 209 g/mol. The molecule has 1 aromatic heterocycles. The Labute approximate surface area is 90.8 Å². The Balaban J connectivity index is 2.68. The normalized spacial score (nSPS) is 16.1. The van der Waals surface area contributed by atoms with Crippen LogP contribution >= 0.6 is 0 Å². The van der Waals surface area contributed by atoms with E-state index in [-0.39, 0.29) is 5.54 Å². The highest BCUT2D eigenvalue weighted by molar-refractivity contribution is 5.13. The smallest absolute Gasteiger partial charge is 0.115 e. The van der Waals surface area contributed by atoms with Crippen molar-refractivity contribution in [1.82, 2.24) is 15.3 Å². The number of nitrogens with zero attached hydrogens (tertiary/aromatic N) is 2. The van der Waals surface area contributed by atoms with E-state index < -0.39 is 5.60 Å². The molecule has 1 aromatic rings. The summed E-state index contributed by atoms with van der Waals surface area (Å²) in [6, 6.07) is 0. The number of β-amino-alcohol motifs (C(OH)–C–C–N with tert-alkyl or cyclic N) is 1. The third kappa shape index (κ3) is 3.93. The third-order valence-corrected chi connectivity index (χ3v) is 2.15. The largest absolute Gasteiger partial charge is 0.384 e. The van der Waals surface area contributed by atoms with Gasteiger partial charge in [0, 0.05) is 30.0 Å². The van der Waals surface area contributed by atoms with Gasteiger partial charge in [-0.05, 0) is 27.7 Å². The average molecular weight is 209 g/mol. The van der Waals surface area contributed by atoms with Gasteiger partial charge in [-0.3, -0.25) is 0 Å². The fourth-order valence-corrected chi connectivity index (χ4v) is 1.12. The number of aromatic nitrogens is 2. The van der Waals surface area contributed by atoms with E-state index in [2.05, 4.69) is 36.1 Å². The number of aliphatic hydroxyl groups is 1. The van der Waals surface area contributed by atoms with Gasteiger partial charge in [-0.2, -0.15) is 0 Å². The van der Waals surface area contributed by atoms with Crippen LogP contribution in [0.4, 0.5) is 0 Å². The lowest BCUT2D eigenvalue weighted by atomic mass is 9.97. The summed E-state index contributed by atoms with van der Waals surface area (Å²) in [5, 5.41) is 13.5. The van der Waals surface area contributed by atoms with Crippen LogP contribution in [-0.4, -0.2) is 27.2 Å². The minimum Gasteiger partial charge on any atom is -0.384 e. The highest BCUT2D eigenvalue weighted by Crippen LogP contribution is 2.18. The minimum atomic E-state index is -0.936. The third-order valence-electron chi connectivity index (χ3n) is 2.15. The molecule has 0 aliphatic rings. The Kier molecular flexibility index (Phi) is 3.42. The Bertz CT molecular complexity index is 303. The molecule has 4 nitrogen and oxygen atoms in total. The summed E-state index contributed by atoms with van der Waals surface area (Å²) in [4.78, 5) is 7.79. The van der Waals surface area contributed by atoms with Crippen molar-refractivity contribution in [3.63, 3.8) is 0 Å². The van der Waals surface area contributed by atoms with Crippen LogP contribution in [0.15, 0.2) is 18.7 Å². The van der Waals surface area contributed by atoms with Gasteiger partial charge in [0.25, 0.3) is 0 Å². The number of nitrogens with one attached hydrogen (secondary N) is 1. The second kappa shape index (κ2) is 4.24. The number of hydrogen-bond donors (Lipinski definition) is 2. The molecule has 0 aliphatic heterocycles. The molecule has 1 heterocycles. The Morgan fingerprint density at radius 2 is 1.73 bits per heavy atom. The molecule has 0 fully saturated rings. The lowest BCUT2D eigenvalue weighted by Crippen LogP contribution is -2.44. The molecular weight excluding hydrogens is 190 g/mol. The molecule has 0 radical (unpaired) electrons. The van der Waals surface area contributed by atoms with Gasteiger partial charge in [-0.25, -0.2) is 9.97 Å². The van der Waals surface area contributed by atoms with Crippen molar-refractivity contribution >= 4 is 0 Å². The molecular formula is C11H19N3O. The van der Waals surface area contributed by atoms with Gasteiger partial charge < -0.3 is 10.4 Å². The zero-order chi connectivity index (χ0) is 11.5. The maximum atomic E-state index is 10.2. The van der Waals surface area contributed by atoms with Crippen molar-refractivity contribution < 1.29 is 5.11 Å². The first-order valence-corrected chi connectivity index (χ1v) is 5.04. The van der Waals surface area contributed by atoms with Crippen LogP contribution in [0, 0.1) is 0 Å². The molecule has 4 heteroatoms. The Morgan fingerprint density at radius 3 is 2.20 bits per heavy atom. The molecule has 0 saturated heterocycles. The number of rotatable bonds is 3. The second-order valence-corrected chi connectivity index (χ2v) is 5.00.